The Morgan fingerprint density at radius 3 is 2.62 bits per heavy atom. The minimum atomic E-state index is -0.394. The van der Waals surface area contributed by atoms with E-state index in [1.165, 1.54) is 10.9 Å². The van der Waals surface area contributed by atoms with Crippen LogP contribution < -0.4 is 5.32 Å². The molecule has 0 spiro atoms. The highest BCUT2D eigenvalue weighted by atomic mass is 32.1. The van der Waals surface area contributed by atoms with Crippen LogP contribution in [-0.2, 0) is 12.8 Å². The summed E-state index contributed by atoms with van der Waals surface area (Å²) in [6.07, 6.45) is 4.43. The van der Waals surface area contributed by atoms with Crippen molar-refractivity contribution in [1.29, 1.82) is 0 Å². The molecule has 200 valence electrons. The molecule has 2 heterocycles. The van der Waals surface area contributed by atoms with E-state index in [0.29, 0.717) is 39.1 Å². The van der Waals surface area contributed by atoms with Gasteiger partial charge in [-0.15, -0.1) is 11.3 Å². The fraction of sp³-hybridized carbons (Fsp3) is 0.290. The number of nitro benzene ring substituents is 1. The van der Waals surface area contributed by atoms with Crippen LogP contribution in [0.15, 0.2) is 70.1 Å². The number of hydrogen-bond acceptors (Lipinski definition) is 6. The lowest BCUT2D eigenvalue weighted by atomic mass is 9.72. The summed E-state index contributed by atoms with van der Waals surface area (Å²) >= 11 is 1.58. The number of nitrogens with one attached hydrogen (secondary N) is 1. The van der Waals surface area contributed by atoms with Gasteiger partial charge in [0, 0.05) is 27.8 Å². The summed E-state index contributed by atoms with van der Waals surface area (Å²) in [6.45, 7) is 8.53. The van der Waals surface area contributed by atoms with Gasteiger partial charge >= 0.3 is 0 Å². The summed E-state index contributed by atoms with van der Waals surface area (Å²) in [5.74, 6) is 1.41. The van der Waals surface area contributed by atoms with E-state index < -0.39 is 4.92 Å². The van der Waals surface area contributed by atoms with Crippen LogP contribution in [-0.4, -0.2) is 17.0 Å². The summed E-state index contributed by atoms with van der Waals surface area (Å²) in [7, 11) is 0. The number of para-hydroxylation sites is 1. The van der Waals surface area contributed by atoms with Gasteiger partial charge in [0.15, 0.2) is 0 Å². The zero-order valence-electron chi connectivity index (χ0n) is 22.5. The van der Waals surface area contributed by atoms with E-state index in [1.807, 2.05) is 30.3 Å². The lowest BCUT2D eigenvalue weighted by Gasteiger charge is -2.33. The van der Waals surface area contributed by atoms with Crippen molar-refractivity contribution in [2.45, 2.75) is 47.0 Å². The fourth-order valence-corrected chi connectivity index (χ4v) is 6.40. The van der Waals surface area contributed by atoms with Gasteiger partial charge in [0.2, 0.25) is 0 Å². The van der Waals surface area contributed by atoms with Crippen LogP contribution in [0, 0.1) is 28.4 Å². The summed E-state index contributed by atoms with van der Waals surface area (Å²) in [5.41, 5.74) is 3.89. The van der Waals surface area contributed by atoms with Crippen LogP contribution in [0.1, 0.15) is 59.3 Å². The Morgan fingerprint density at radius 1 is 1.13 bits per heavy atom. The maximum atomic E-state index is 13.5. The Bertz CT molecular complexity index is 1560. The number of aliphatic imine (C=N–C) groups is 1. The molecule has 4 aromatic rings. The van der Waals surface area contributed by atoms with Gasteiger partial charge in [0.05, 0.1) is 16.7 Å². The smallest absolute Gasteiger partial charge is 0.273 e. The second kappa shape index (κ2) is 10.6. The zero-order chi connectivity index (χ0) is 27.7. The molecule has 2 aromatic carbocycles. The van der Waals surface area contributed by atoms with Gasteiger partial charge in [-0.3, -0.25) is 14.9 Å². The number of nitro groups is 1. The molecule has 0 saturated carbocycles. The van der Waals surface area contributed by atoms with Crippen LogP contribution in [0.2, 0.25) is 0 Å². The molecule has 5 rings (SSSR count). The van der Waals surface area contributed by atoms with Gasteiger partial charge in [-0.05, 0) is 67.3 Å². The van der Waals surface area contributed by atoms with Gasteiger partial charge in [-0.1, -0.05) is 51.1 Å². The van der Waals surface area contributed by atoms with E-state index in [2.05, 4.69) is 26.1 Å². The number of hydrogen-bond donors (Lipinski definition) is 1. The van der Waals surface area contributed by atoms with E-state index in [0.717, 1.165) is 30.5 Å². The van der Waals surface area contributed by atoms with Crippen molar-refractivity contribution in [3.05, 3.63) is 98.1 Å². The molecule has 1 aliphatic rings. The fourth-order valence-electron chi connectivity index (χ4n) is 5.13. The minimum absolute atomic E-state index is 0.0471. The number of fused-ring (bicyclic) bond motifs is 1. The Morgan fingerprint density at radius 2 is 1.90 bits per heavy atom. The summed E-state index contributed by atoms with van der Waals surface area (Å²) in [5, 5.41) is 15.0. The molecule has 0 bridgehead atoms. The molecule has 39 heavy (non-hydrogen) atoms. The number of carbonyl (C=O) groups excluding carboxylic acids is 1. The predicted molar refractivity (Wildman–Crippen MR) is 156 cm³/mol. The lowest BCUT2D eigenvalue weighted by molar-refractivity contribution is -0.385. The van der Waals surface area contributed by atoms with Crippen molar-refractivity contribution in [2.24, 2.45) is 16.3 Å². The third-order valence-electron chi connectivity index (χ3n) is 7.43. The Kier molecular flexibility index (Phi) is 7.23. The Hall–Kier alpha value is -4.04. The molecule has 8 heteroatoms. The Labute approximate surface area is 231 Å². The molecule has 1 N–H and O–H groups in total. The molecule has 1 aliphatic carbocycles. The monoisotopic (exact) mass is 541 g/mol. The minimum Gasteiger partial charge on any atom is -0.455 e. The zero-order valence-corrected chi connectivity index (χ0v) is 23.3. The van der Waals surface area contributed by atoms with Crippen LogP contribution >= 0.6 is 11.3 Å². The number of anilines is 1. The number of nitrogens with zero attached hydrogens (tertiary/aromatic N) is 2. The molecule has 0 unspecified atom stereocenters. The van der Waals surface area contributed by atoms with Crippen molar-refractivity contribution in [3.8, 4) is 11.3 Å². The maximum absolute atomic E-state index is 13.5. The van der Waals surface area contributed by atoms with E-state index in [-0.39, 0.29) is 17.0 Å². The average molecular weight is 542 g/mol. The first kappa shape index (κ1) is 26.6. The Balaban J connectivity index is 1.47. The molecule has 2 aromatic heterocycles. The quantitative estimate of drug-likeness (QED) is 0.151. The molecule has 1 amide bonds. The molecule has 0 fully saturated rings. The lowest BCUT2D eigenvalue weighted by Crippen LogP contribution is -2.27. The van der Waals surface area contributed by atoms with Gasteiger partial charge in [-0.2, -0.15) is 0 Å². The van der Waals surface area contributed by atoms with E-state index in [9.17, 15) is 14.9 Å². The van der Waals surface area contributed by atoms with Gasteiger partial charge in [0.1, 0.15) is 16.5 Å². The number of amides is 1. The first-order valence-corrected chi connectivity index (χ1v) is 13.8. The van der Waals surface area contributed by atoms with Crippen molar-refractivity contribution >= 4 is 39.8 Å². The average Bonchev–Trinajstić information content (AvgIpc) is 3.51. The molecule has 0 saturated heterocycles. The van der Waals surface area contributed by atoms with E-state index in [1.54, 1.807) is 48.7 Å². The molecular weight excluding hydrogens is 510 g/mol. The van der Waals surface area contributed by atoms with Gasteiger partial charge in [-0.25, -0.2) is 4.99 Å². The van der Waals surface area contributed by atoms with Crippen LogP contribution in [0.25, 0.3) is 11.3 Å². The van der Waals surface area contributed by atoms with Gasteiger partial charge in [0.25, 0.3) is 11.6 Å². The number of furan rings is 1. The van der Waals surface area contributed by atoms with E-state index in [4.69, 9.17) is 9.41 Å². The summed E-state index contributed by atoms with van der Waals surface area (Å²) in [6, 6.07) is 17.9. The number of thiophene rings is 1. The predicted octanol–water partition coefficient (Wildman–Crippen LogP) is 8.38. The summed E-state index contributed by atoms with van der Waals surface area (Å²) in [4.78, 5) is 30.4. The molecule has 0 radical (unpaired) electrons. The highest BCUT2D eigenvalue weighted by Crippen LogP contribution is 2.45. The largest absolute Gasteiger partial charge is 0.455 e. The third kappa shape index (κ3) is 5.56. The first-order valence-electron chi connectivity index (χ1n) is 13.0. The van der Waals surface area contributed by atoms with Crippen molar-refractivity contribution in [3.63, 3.8) is 0 Å². The standard InChI is InChI=1S/C31H31N3O4S/c1-19-23(11-8-12-25(19)34(36)37)26-16-14-22(38-26)18-32-30-28(29(35)33-21-9-6-5-7-10-21)24-15-13-20(31(2,3)4)17-27(24)39-30/h5-12,14,16,18,20H,13,15,17H2,1-4H3,(H,33,35)/t20-/m1/s1. The van der Waals surface area contributed by atoms with Crippen molar-refractivity contribution in [2.75, 3.05) is 5.32 Å². The normalized spacial score (nSPS) is 15.3. The number of rotatable bonds is 6. The topological polar surface area (TPSA) is 97.7 Å². The number of carbonyl (C=O) groups is 1. The van der Waals surface area contributed by atoms with Crippen LogP contribution in [0.3, 0.4) is 0 Å². The highest BCUT2D eigenvalue weighted by Gasteiger charge is 2.33. The van der Waals surface area contributed by atoms with Crippen molar-refractivity contribution < 1.29 is 14.1 Å². The highest BCUT2D eigenvalue weighted by molar-refractivity contribution is 7.16. The second-order valence-corrected chi connectivity index (χ2v) is 12.1. The van der Waals surface area contributed by atoms with Gasteiger partial charge < -0.3 is 9.73 Å². The third-order valence-corrected chi connectivity index (χ3v) is 8.60. The molecular formula is C31H31N3O4S. The number of benzene rings is 2. The van der Waals surface area contributed by atoms with E-state index >= 15 is 0 Å². The van der Waals surface area contributed by atoms with Crippen LogP contribution in [0.5, 0.6) is 0 Å². The second-order valence-electron chi connectivity index (χ2n) is 11.0. The molecule has 1 atom stereocenters. The molecule has 7 nitrogen and oxygen atoms in total. The molecule has 0 aliphatic heterocycles. The SMILES string of the molecule is Cc1c(-c2ccc(C=Nc3sc4c(c3C(=O)Nc3ccccc3)CC[C@@H](C(C)(C)C)C4)o2)cccc1[N+](=O)[O-]. The maximum Gasteiger partial charge on any atom is 0.273 e. The summed E-state index contributed by atoms with van der Waals surface area (Å²) < 4.78 is 6.00. The van der Waals surface area contributed by atoms with Crippen LogP contribution in [0.4, 0.5) is 16.4 Å². The first-order chi connectivity index (χ1) is 18.6. The van der Waals surface area contributed by atoms with Crippen molar-refractivity contribution in [1.82, 2.24) is 0 Å².